The quantitative estimate of drug-likeness (QED) is 0.523. The zero-order valence-electron chi connectivity index (χ0n) is 9.66. The first kappa shape index (κ1) is 12.0. The molecule has 0 amide bonds. The van der Waals surface area contributed by atoms with Crippen molar-refractivity contribution in [2.24, 2.45) is 5.92 Å². The van der Waals surface area contributed by atoms with E-state index in [2.05, 4.69) is 25.7 Å². The van der Waals surface area contributed by atoms with E-state index < -0.39 is 0 Å². The minimum Gasteiger partial charge on any atom is -0.462 e. The maximum Gasteiger partial charge on any atom is 0.302 e. The number of carbonyl (C=O) groups excluding carboxylic acids is 1. The number of hydrogen-bond donors (Lipinski definition) is 0. The highest BCUT2D eigenvalue weighted by atomic mass is 16.5. The Morgan fingerprint density at radius 3 is 2.93 bits per heavy atom. The van der Waals surface area contributed by atoms with Gasteiger partial charge < -0.3 is 4.74 Å². The molecule has 0 aromatic heterocycles. The average Bonchev–Trinajstić information content (AvgIpc) is 2.49. The van der Waals surface area contributed by atoms with E-state index in [1.54, 1.807) is 0 Å². The van der Waals surface area contributed by atoms with Gasteiger partial charge >= 0.3 is 5.97 Å². The Bertz CT molecular complexity index is 266. The first-order valence-corrected chi connectivity index (χ1v) is 5.65. The van der Waals surface area contributed by atoms with Crippen molar-refractivity contribution in [1.82, 2.24) is 0 Å². The Balaban J connectivity index is 2.52. The van der Waals surface area contributed by atoms with Crippen molar-refractivity contribution in [3.63, 3.8) is 0 Å². The Morgan fingerprint density at radius 2 is 2.33 bits per heavy atom. The summed E-state index contributed by atoms with van der Waals surface area (Å²) in [5.74, 6) is 0.149. The Kier molecular flexibility index (Phi) is 4.60. The molecule has 0 aromatic rings. The summed E-state index contributed by atoms with van der Waals surface area (Å²) in [6, 6.07) is 0. The maximum atomic E-state index is 10.9. The van der Waals surface area contributed by atoms with Gasteiger partial charge in [-0.05, 0) is 25.7 Å². The number of hydrogen-bond acceptors (Lipinski definition) is 2. The third-order valence-electron chi connectivity index (χ3n) is 2.83. The summed E-state index contributed by atoms with van der Waals surface area (Å²) in [4.78, 5) is 10.9. The third-order valence-corrected chi connectivity index (χ3v) is 2.83. The van der Waals surface area contributed by atoms with Crippen LogP contribution >= 0.6 is 0 Å². The van der Waals surface area contributed by atoms with Crippen LogP contribution in [0.15, 0.2) is 24.3 Å². The summed E-state index contributed by atoms with van der Waals surface area (Å²) in [5.41, 5.74) is 1.22. The molecule has 0 N–H and O–H groups in total. The molecule has 1 saturated carbocycles. The fourth-order valence-electron chi connectivity index (χ4n) is 2.06. The van der Waals surface area contributed by atoms with Crippen LogP contribution in [0.3, 0.4) is 0 Å². The van der Waals surface area contributed by atoms with Gasteiger partial charge in [-0.25, -0.2) is 0 Å². The van der Waals surface area contributed by atoms with E-state index in [4.69, 9.17) is 4.74 Å². The first-order chi connectivity index (χ1) is 7.15. The van der Waals surface area contributed by atoms with Gasteiger partial charge in [0.05, 0.1) is 0 Å². The summed E-state index contributed by atoms with van der Waals surface area (Å²) in [6.07, 6.45) is 8.29. The average molecular weight is 208 g/mol. The minimum absolute atomic E-state index is 0.0523. The lowest BCUT2D eigenvalue weighted by Gasteiger charge is -2.18. The molecule has 0 radical (unpaired) electrons. The van der Waals surface area contributed by atoms with Crippen LogP contribution in [0.2, 0.25) is 0 Å². The van der Waals surface area contributed by atoms with Crippen LogP contribution in [-0.2, 0) is 9.53 Å². The number of allylic oxidation sites excluding steroid dienone is 2. The van der Waals surface area contributed by atoms with Crippen LogP contribution in [0.5, 0.6) is 0 Å². The van der Waals surface area contributed by atoms with Crippen LogP contribution < -0.4 is 0 Å². The summed E-state index contributed by atoms with van der Waals surface area (Å²) >= 11 is 0. The fraction of sp³-hybridized carbons (Fsp3) is 0.615. The largest absolute Gasteiger partial charge is 0.462 e. The highest BCUT2D eigenvalue weighted by molar-refractivity contribution is 5.66. The van der Waals surface area contributed by atoms with Gasteiger partial charge in [0.25, 0.3) is 0 Å². The molecule has 2 nitrogen and oxygen atoms in total. The van der Waals surface area contributed by atoms with Crippen molar-refractivity contribution in [2.45, 2.75) is 45.6 Å². The minimum atomic E-state index is -0.181. The van der Waals surface area contributed by atoms with Crippen LogP contribution in [0.4, 0.5) is 0 Å². The molecule has 0 heterocycles. The Hall–Kier alpha value is -1.05. The zero-order valence-corrected chi connectivity index (χ0v) is 9.66. The van der Waals surface area contributed by atoms with Gasteiger partial charge in [-0.15, -0.1) is 0 Å². The molecule has 0 saturated heterocycles. The maximum absolute atomic E-state index is 10.9. The van der Waals surface area contributed by atoms with Gasteiger partial charge in [0.2, 0.25) is 0 Å². The molecule has 0 unspecified atom stereocenters. The molecule has 0 bridgehead atoms. The van der Waals surface area contributed by atoms with Crippen molar-refractivity contribution in [2.75, 3.05) is 0 Å². The van der Waals surface area contributed by atoms with Crippen LogP contribution in [0.1, 0.15) is 39.5 Å². The van der Waals surface area contributed by atoms with Gasteiger partial charge in [0.1, 0.15) is 6.10 Å². The number of ether oxygens (including phenoxy) is 1. The van der Waals surface area contributed by atoms with E-state index in [-0.39, 0.29) is 12.1 Å². The lowest BCUT2D eigenvalue weighted by molar-refractivity contribution is -0.147. The monoisotopic (exact) mass is 208 g/mol. The highest BCUT2D eigenvalue weighted by Gasteiger charge is 2.31. The van der Waals surface area contributed by atoms with Gasteiger partial charge in [0, 0.05) is 12.8 Å². The molecule has 15 heavy (non-hydrogen) atoms. The Labute approximate surface area is 92.0 Å². The smallest absolute Gasteiger partial charge is 0.302 e. The summed E-state index contributed by atoms with van der Waals surface area (Å²) in [5, 5.41) is 0. The summed E-state index contributed by atoms with van der Waals surface area (Å²) in [7, 11) is 0. The third kappa shape index (κ3) is 3.54. The molecule has 1 aliphatic carbocycles. The predicted molar refractivity (Wildman–Crippen MR) is 61.5 cm³/mol. The highest BCUT2D eigenvalue weighted by Crippen LogP contribution is 2.35. The fourth-order valence-corrected chi connectivity index (χ4v) is 2.06. The van der Waals surface area contributed by atoms with Crippen LogP contribution in [-0.4, -0.2) is 12.1 Å². The van der Waals surface area contributed by atoms with Crippen molar-refractivity contribution in [1.29, 1.82) is 0 Å². The molecule has 84 valence electrons. The SMILES string of the molecule is C=C1CC[C@H](OC(C)=O)[C@H]1C/C=C\CC. The number of carbonyl (C=O) groups is 1. The predicted octanol–water partition coefficient (Wildman–Crippen LogP) is 3.24. The van der Waals surface area contributed by atoms with Crippen molar-refractivity contribution in [3.8, 4) is 0 Å². The van der Waals surface area contributed by atoms with Crippen molar-refractivity contribution < 1.29 is 9.53 Å². The van der Waals surface area contributed by atoms with Gasteiger partial charge in [-0.3, -0.25) is 4.79 Å². The second kappa shape index (κ2) is 5.74. The molecule has 1 rings (SSSR count). The van der Waals surface area contributed by atoms with Crippen LogP contribution in [0, 0.1) is 5.92 Å². The lowest BCUT2D eigenvalue weighted by atomic mass is 9.98. The normalized spacial score (nSPS) is 26.1. The van der Waals surface area contributed by atoms with Crippen LogP contribution in [0.25, 0.3) is 0 Å². The molecule has 0 spiro atoms. The standard InChI is InChI=1S/C13H20O2/c1-4-5-6-7-12-10(2)8-9-13(12)15-11(3)14/h5-6,12-13H,2,4,7-9H2,1,3H3/b6-5-/t12-,13-/m0/s1. The molecule has 0 aliphatic heterocycles. The van der Waals surface area contributed by atoms with Gasteiger partial charge in [-0.1, -0.05) is 31.2 Å². The van der Waals surface area contributed by atoms with E-state index >= 15 is 0 Å². The van der Waals surface area contributed by atoms with Gasteiger partial charge in [-0.2, -0.15) is 0 Å². The number of rotatable bonds is 4. The second-order valence-electron chi connectivity index (χ2n) is 4.07. The van der Waals surface area contributed by atoms with E-state index in [0.717, 1.165) is 25.7 Å². The molecule has 0 aromatic carbocycles. The molecular formula is C13H20O2. The van der Waals surface area contributed by atoms with E-state index in [1.165, 1.54) is 12.5 Å². The molecular weight excluding hydrogens is 188 g/mol. The second-order valence-corrected chi connectivity index (χ2v) is 4.07. The first-order valence-electron chi connectivity index (χ1n) is 5.65. The molecule has 1 aliphatic rings. The molecule has 2 atom stereocenters. The van der Waals surface area contributed by atoms with E-state index in [9.17, 15) is 4.79 Å². The van der Waals surface area contributed by atoms with Crippen molar-refractivity contribution >= 4 is 5.97 Å². The summed E-state index contributed by atoms with van der Waals surface area (Å²) in [6.45, 7) is 7.63. The Morgan fingerprint density at radius 1 is 1.60 bits per heavy atom. The zero-order chi connectivity index (χ0) is 11.3. The van der Waals surface area contributed by atoms with E-state index in [0.29, 0.717) is 5.92 Å². The molecule has 1 fully saturated rings. The lowest BCUT2D eigenvalue weighted by Crippen LogP contribution is -2.20. The van der Waals surface area contributed by atoms with E-state index in [1.807, 2.05) is 0 Å². The number of esters is 1. The topological polar surface area (TPSA) is 26.3 Å². The van der Waals surface area contributed by atoms with Crippen molar-refractivity contribution in [3.05, 3.63) is 24.3 Å². The van der Waals surface area contributed by atoms with Gasteiger partial charge in [0.15, 0.2) is 0 Å². The summed E-state index contributed by atoms with van der Waals surface area (Å²) < 4.78 is 5.29. The molecule has 2 heteroatoms.